The average Bonchev–Trinajstić information content (AvgIpc) is 2.91. The minimum absolute atomic E-state index is 0.0282. The molecule has 0 saturated heterocycles. The molecule has 0 radical (unpaired) electrons. The van der Waals surface area contributed by atoms with Crippen molar-refractivity contribution in [2.75, 3.05) is 7.11 Å². The summed E-state index contributed by atoms with van der Waals surface area (Å²) in [5.74, 6) is 1.03. The molecule has 1 aromatic rings. The highest BCUT2D eigenvalue weighted by Crippen LogP contribution is 2.43. The standard InChI is InChI=1S/C19H26O/c1-18(2,3)15-12-9-13-16(17(15)20-6)19(4,5)14-10-7-8-11-14/h7,9-13H,8H2,1-6H3. The molecule has 0 atom stereocenters. The van der Waals surface area contributed by atoms with Crippen LogP contribution in [0.15, 0.2) is 42.0 Å². The number of para-hydroxylation sites is 1. The second-order valence-corrected chi connectivity index (χ2v) is 7.06. The van der Waals surface area contributed by atoms with Crippen molar-refractivity contribution >= 4 is 0 Å². The topological polar surface area (TPSA) is 9.23 Å². The Labute approximate surface area is 123 Å². The van der Waals surface area contributed by atoms with Crippen LogP contribution in [-0.4, -0.2) is 7.11 Å². The summed E-state index contributed by atoms with van der Waals surface area (Å²) in [4.78, 5) is 0. The summed E-state index contributed by atoms with van der Waals surface area (Å²) in [7, 11) is 1.78. The Kier molecular flexibility index (Phi) is 3.82. The summed E-state index contributed by atoms with van der Waals surface area (Å²) in [6.07, 6.45) is 7.81. The highest BCUT2D eigenvalue weighted by molar-refractivity contribution is 5.53. The highest BCUT2D eigenvalue weighted by Gasteiger charge is 2.31. The molecule has 0 unspecified atom stereocenters. The normalized spacial score (nSPS) is 15.4. The van der Waals surface area contributed by atoms with Crippen LogP contribution in [0, 0.1) is 0 Å². The van der Waals surface area contributed by atoms with Crippen molar-refractivity contribution in [3.05, 3.63) is 53.1 Å². The first kappa shape index (κ1) is 14.9. The van der Waals surface area contributed by atoms with Gasteiger partial charge in [0.1, 0.15) is 5.75 Å². The first-order chi connectivity index (χ1) is 9.28. The van der Waals surface area contributed by atoms with E-state index in [4.69, 9.17) is 4.74 Å². The van der Waals surface area contributed by atoms with Crippen LogP contribution in [0.2, 0.25) is 0 Å². The quantitative estimate of drug-likeness (QED) is 0.737. The van der Waals surface area contributed by atoms with Gasteiger partial charge in [0.15, 0.2) is 0 Å². The molecule has 0 amide bonds. The van der Waals surface area contributed by atoms with Gasteiger partial charge >= 0.3 is 0 Å². The summed E-state index contributed by atoms with van der Waals surface area (Å²) in [6.45, 7) is 11.3. The maximum Gasteiger partial charge on any atom is 0.126 e. The van der Waals surface area contributed by atoms with E-state index in [1.54, 1.807) is 7.11 Å². The predicted octanol–water partition coefficient (Wildman–Crippen LogP) is 5.16. The molecule has 20 heavy (non-hydrogen) atoms. The Morgan fingerprint density at radius 3 is 2.15 bits per heavy atom. The number of hydrogen-bond acceptors (Lipinski definition) is 1. The van der Waals surface area contributed by atoms with Crippen molar-refractivity contribution in [2.24, 2.45) is 0 Å². The molecule has 2 rings (SSSR count). The highest BCUT2D eigenvalue weighted by atomic mass is 16.5. The molecule has 0 bridgehead atoms. The smallest absolute Gasteiger partial charge is 0.126 e. The lowest BCUT2D eigenvalue weighted by Crippen LogP contribution is -2.22. The Bertz CT molecular complexity index is 554. The van der Waals surface area contributed by atoms with Crippen LogP contribution < -0.4 is 4.74 Å². The summed E-state index contributed by atoms with van der Waals surface area (Å²) in [6, 6.07) is 6.53. The molecule has 0 spiro atoms. The second-order valence-electron chi connectivity index (χ2n) is 7.06. The van der Waals surface area contributed by atoms with E-state index < -0.39 is 0 Å². The lowest BCUT2D eigenvalue weighted by Gasteiger charge is -2.31. The van der Waals surface area contributed by atoms with Gasteiger partial charge in [-0.25, -0.2) is 0 Å². The van der Waals surface area contributed by atoms with Crippen molar-refractivity contribution in [3.8, 4) is 5.75 Å². The van der Waals surface area contributed by atoms with E-state index in [2.05, 4.69) is 71.0 Å². The van der Waals surface area contributed by atoms with Crippen LogP contribution in [0.5, 0.6) is 5.75 Å². The zero-order chi connectivity index (χ0) is 15.0. The van der Waals surface area contributed by atoms with Crippen molar-refractivity contribution in [2.45, 2.75) is 51.9 Å². The lowest BCUT2D eigenvalue weighted by molar-refractivity contribution is 0.384. The number of ether oxygens (including phenoxy) is 1. The molecular weight excluding hydrogens is 244 g/mol. The molecule has 108 valence electrons. The van der Waals surface area contributed by atoms with Crippen LogP contribution in [0.25, 0.3) is 0 Å². The van der Waals surface area contributed by atoms with Crippen LogP contribution in [0.1, 0.15) is 52.2 Å². The number of allylic oxidation sites excluding steroid dienone is 4. The van der Waals surface area contributed by atoms with E-state index in [0.717, 1.165) is 12.2 Å². The molecule has 0 aliphatic heterocycles. The maximum atomic E-state index is 5.80. The molecule has 0 heterocycles. The monoisotopic (exact) mass is 270 g/mol. The Morgan fingerprint density at radius 2 is 1.65 bits per heavy atom. The molecule has 0 fully saturated rings. The Balaban J connectivity index is 2.60. The summed E-state index contributed by atoms with van der Waals surface area (Å²) < 4.78 is 5.80. The van der Waals surface area contributed by atoms with E-state index >= 15 is 0 Å². The van der Waals surface area contributed by atoms with Crippen LogP contribution in [-0.2, 0) is 10.8 Å². The fraction of sp³-hybridized carbons (Fsp3) is 0.474. The third-order valence-electron chi connectivity index (χ3n) is 4.19. The zero-order valence-electron chi connectivity index (χ0n) is 13.6. The minimum Gasteiger partial charge on any atom is -0.496 e. The van der Waals surface area contributed by atoms with Crippen molar-refractivity contribution in [1.29, 1.82) is 0 Å². The van der Waals surface area contributed by atoms with Crippen LogP contribution in [0.4, 0.5) is 0 Å². The first-order valence-corrected chi connectivity index (χ1v) is 7.33. The van der Waals surface area contributed by atoms with Gasteiger partial charge < -0.3 is 4.74 Å². The van der Waals surface area contributed by atoms with Gasteiger partial charge in [0.05, 0.1) is 7.11 Å². The van der Waals surface area contributed by atoms with E-state index in [9.17, 15) is 0 Å². The molecule has 0 N–H and O–H groups in total. The van der Waals surface area contributed by atoms with Crippen molar-refractivity contribution < 1.29 is 4.74 Å². The molecule has 0 aromatic heterocycles. The van der Waals surface area contributed by atoms with Crippen molar-refractivity contribution in [1.82, 2.24) is 0 Å². The van der Waals surface area contributed by atoms with E-state index in [0.29, 0.717) is 0 Å². The van der Waals surface area contributed by atoms with Gasteiger partial charge in [-0.15, -0.1) is 0 Å². The molecular formula is C19H26O. The Morgan fingerprint density at radius 1 is 1.00 bits per heavy atom. The molecule has 1 aromatic carbocycles. The SMILES string of the molecule is COc1c(C(C)(C)C)cccc1C(C)(C)C1=CCC=C1. The Hall–Kier alpha value is -1.50. The van der Waals surface area contributed by atoms with E-state index in [-0.39, 0.29) is 10.8 Å². The average molecular weight is 270 g/mol. The van der Waals surface area contributed by atoms with Gasteiger partial charge in [-0.05, 0) is 23.0 Å². The summed E-state index contributed by atoms with van der Waals surface area (Å²) >= 11 is 0. The van der Waals surface area contributed by atoms with Gasteiger partial charge in [-0.1, -0.05) is 71.0 Å². The van der Waals surface area contributed by atoms with Crippen LogP contribution in [0.3, 0.4) is 0 Å². The zero-order valence-corrected chi connectivity index (χ0v) is 13.6. The lowest BCUT2D eigenvalue weighted by atomic mass is 9.74. The first-order valence-electron chi connectivity index (χ1n) is 7.33. The fourth-order valence-electron chi connectivity index (χ4n) is 2.92. The predicted molar refractivity (Wildman–Crippen MR) is 86.6 cm³/mol. The number of rotatable bonds is 3. The van der Waals surface area contributed by atoms with E-state index in [1.807, 2.05) is 0 Å². The molecule has 1 nitrogen and oxygen atoms in total. The van der Waals surface area contributed by atoms with Gasteiger partial charge in [-0.2, -0.15) is 0 Å². The third-order valence-corrected chi connectivity index (χ3v) is 4.19. The molecule has 1 heteroatoms. The summed E-state index contributed by atoms with van der Waals surface area (Å²) in [5, 5.41) is 0. The summed E-state index contributed by atoms with van der Waals surface area (Å²) in [5.41, 5.74) is 3.97. The largest absolute Gasteiger partial charge is 0.496 e. The van der Waals surface area contributed by atoms with Crippen LogP contribution >= 0.6 is 0 Å². The maximum absolute atomic E-state index is 5.80. The number of benzene rings is 1. The molecule has 1 aliphatic carbocycles. The fourth-order valence-corrected chi connectivity index (χ4v) is 2.92. The van der Waals surface area contributed by atoms with Gasteiger partial charge in [0.25, 0.3) is 0 Å². The second kappa shape index (κ2) is 5.12. The van der Waals surface area contributed by atoms with Gasteiger partial charge in [-0.3, -0.25) is 0 Å². The van der Waals surface area contributed by atoms with Crippen molar-refractivity contribution in [3.63, 3.8) is 0 Å². The molecule has 0 saturated carbocycles. The minimum atomic E-state index is -0.0282. The molecule has 1 aliphatic rings. The number of hydrogen-bond donors (Lipinski definition) is 0. The van der Waals surface area contributed by atoms with E-state index in [1.165, 1.54) is 16.7 Å². The number of methoxy groups -OCH3 is 1. The van der Waals surface area contributed by atoms with Gasteiger partial charge in [0, 0.05) is 11.0 Å². The van der Waals surface area contributed by atoms with Gasteiger partial charge in [0.2, 0.25) is 0 Å². The third kappa shape index (κ3) is 2.54.